The summed E-state index contributed by atoms with van der Waals surface area (Å²) in [6.07, 6.45) is 0. The first-order valence-electron chi connectivity index (χ1n) is 4.68. The maximum absolute atomic E-state index is 12.8. The molecule has 0 aliphatic rings. The lowest BCUT2D eigenvalue weighted by Gasteiger charge is -2.07. The maximum atomic E-state index is 12.8. The molecule has 0 heterocycles. The third-order valence-electron chi connectivity index (χ3n) is 1.73. The number of nitrogens with two attached hydrogens (primary N) is 1. The predicted octanol–water partition coefficient (Wildman–Crippen LogP) is 1.35. The second-order valence-corrected chi connectivity index (χ2v) is 3.41. The van der Waals surface area contributed by atoms with Crippen molar-refractivity contribution in [2.45, 2.75) is 0 Å². The first kappa shape index (κ1) is 16.0. The fourth-order valence-electron chi connectivity index (χ4n) is 0.978. The SMILES string of the molecule is Cl.NCCNC(=O)COc1ccc(F)c(Cl)c1. The molecule has 4 nitrogen and oxygen atoms in total. The van der Waals surface area contributed by atoms with Crippen LogP contribution in [-0.4, -0.2) is 25.6 Å². The normalized spacial score (nSPS) is 9.35. The molecule has 0 fully saturated rings. The molecule has 0 aromatic heterocycles. The number of benzene rings is 1. The van der Waals surface area contributed by atoms with Gasteiger partial charge in [0.15, 0.2) is 6.61 Å². The Kier molecular flexibility index (Phi) is 7.61. The number of amides is 1. The van der Waals surface area contributed by atoms with Gasteiger partial charge in [-0.05, 0) is 12.1 Å². The first-order valence-corrected chi connectivity index (χ1v) is 5.06. The molecule has 0 aliphatic carbocycles. The van der Waals surface area contributed by atoms with Gasteiger partial charge in [0.1, 0.15) is 11.6 Å². The largest absolute Gasteiger partial charge is 0.484 e. The summed E-state index contributed by atoms with van der Waals surface area (Å²) in [5.74, 6) is -0.471. The molecular formula is C10H13Cl2FN2O2. The Bertz CT molecular complexity index is 377. The zero-order valence-electron chi connectivity index (χ0n) is 8.91. The smallest absolute Gasteiger partial charge is 0.257 e. The third-order valence-corrected chi connectivity index (χ3v) is 2.02. The first-order chi connectivity index (χ1) is 7.63. The molecule has 0 bridgehead atoms. The average Bonchev–Trinajstić information content (AvgIpc) is 2.28. The van der Waals surface area contributed by atoms with E-state index in [0.717, 1.165) is 0 Å². The lowest BCUT2D eigenvalue weighted by molar-refractivity contribution is -0.123. The van der Waals surface area contributed by atoms with Crippen LogP contribution in [0, 0.1) is 5.82 Å². The van der Waals surface area contributed by atoms with Gasteiger partial charge in [-0.2, -0.15) is 0 Å². The minimum atomic E-state index is -0.526. The molecule has 96 valence electrons. The topological polar surface area (TPSA) is 64.3 Å². The summed E-state index contributed by atoms with van der Waals surface area (Å²) in [5.41, 5.74) is 5.21. The predicted molar refractivity (Wildman–Crippen MR) is 66.2 cm³/mol. The Morgan fingerprint density at radius 1 is 1.53 bits per heavy atom. The molecule has 1 aromatic carbocycles. The van der Waals surface area contributed by atoms with Crippen LogP contribution in [0.5, 0.6) is 5.75 Å². The lowest BCUT2D eigenvalue weighted by Crippen LogP contribution is -2.32. The number of nitrogens with one attached hydrogen (secondary N) is 1. The van der Waals surface area contributed by atoms with E-state index in [9.17, 15) is 9.18 Å². The summed E-state index contributed by atoms with van der Waals surface area (Å²) in [6, 6.07) is 3.89. The molecule has 0 saturated carbocycles. The minimum absolute atomic E-state index is 0. The number of carbonyl (C=O) groups excluding carboxylic acids is 1. The Balaban J connectivity index is 0.00000256. The summed E-state index contributed by atoms with van der Waals surface area (Å²) in [7, 11) is 0. The Labute approximate surface area is 110 Å². The Hall–Kier alpha value is -1.04. The quantitative estimate of drug-likeness (QED) is 0.857. The van der Waals surface area contributed by atoms with Gasteiger partial charge in [-0.25, -0.2) is 4.39 Å². The standard InChI is InChI=1S/C10H12ClFN2O2.ClH/c11-8-5-7(1-2-9(8)12)16-6-10(15)14-4-3-13;/h1-2,5H,3-4,6,13H2,(H,14,15);1H. The van der Waals surface area contributed by atoms with Crippen LogP contribution in [-0.2, 0) is 4.79 Å². The van der Waals surface area contributed by atoms with Gasteiger partial charge in [-0.1, -0.05) is 11.6 Å². The molecule has 1 rings (SSSR count). The molecule has 0 saturated heterocycles. The number of ether oxygens (including phenoxy) is 1. The molecule has 0 unspecified atom stereocenters. The van der Waals surface area contributed by atoms with Gasteiger partial charge in [-0.15, -0.1) is 12.4 Å². The average molecular weight is 283 g/mol. The van der Waals surface area contributed by atoms with Crippen LogP contribution in [0.15, 0.2) is 18.2 Å². The number of hydrogen-bond acceptors (Lipinski definition) is 3. The van der Waals surface area contributed by atoms with E-state index in [4.69, 9.17) is 22.1 Å². The van der Waals surface area contributed by atoms with Crippen molar-refractivity contribution >= 4 is 29.9 Å². The van der Waals surface area contributed by atoms with Crippen LogP contribution in [0.4, 0.5) is 4.39 Å². The molecule has 1 aromatic rings. The lowest BCUT2D eigenvalue weighted by atomic mass is 10.3. The van der Waals surface area contributed by atoms with E-state index in [0.29, 0.717) is 18.8 Å². The zero-order chi connectivity index (χ0) is 12.0. The van der Waals surface area contributed by atoms with Gasteiger partial charge < -0.3 is 15.8 Å². The van der Waals surface area contributed by atoms with Crippen molar-refractivity contribution in [3.63, 3.8) is 0 Å². The highest BCUT2D eigenvalue weighted by Gasteiger charge is 2.04. The molecule has 0 aliphatic heterocycles. The number of halogens is 3. The van der Waals surface area contributed by atoms with E-state index in [1.807, 2.05) is 0 Å². The number of carbonyl (C=O) groups is 1. The van der Waals surface area contributed by atoms with Crippen molar-refractivity contribution in [3.05, 3.63) is 29.0 Å². The van der Waals surface area contributed by atoms with E-state index in [1.165, 1.54) is 18.2 Å². The Morgan fingerprint density at radius 3 is 2.82 bits per heavy atom. The second kappa shape index (κ2) is 8.11. The summed E-state index contributed by atoms with van der Waals surface area (Å²) in [6.45, 7) is 0.614. The van der Waals surface area contributed by atoms with Crippen molar-refractivity contribution < 1.29 is 13.9 Å². The monoisotopic (exact) mass is 282 g/mol. The number of hydrogen-bond donors (Lipinski definition) is 2. The van der Waals surface area contributed by atoms with E-state index in [2.05, 4.69) is 5.32 Å². The van der Waals surface area contributed by atoms with Crippen LogP contribution in [0.25, 0.3) is 0 Å². The van der Waals surface area contributed by atoms with Crippen molar-refractivity contribution in [1.82, 2.24) is 5.32 Å². The van der Waals surface area contributed by atoms with Gasteiger partial charge in [0.2, 0.25) is 0 Å². The fraction of sp³-hybridized carbons (Fsp3) is 0.300. The van der Waals surface area contributed by atoms with E-state index >= 15 is 0 Å². The van der Waals surface area contributed by atoms with Crippen LogP contribution >= 0.6 is 24.0 Å². The van der Waals surface area contributed by atoms with E-state index in [1.54, 1.807) is 0 Å². The van der Waals surface area contributed by atoms with Crippen LogP contribution in [0.2, 0.25) is 5.02 Å². The van der Waals surface area contributed by atoms with Crippen LogP contribution in [0.1, 0.15) is 0 Å². The molecule has 0 atom stereocenters. The molecular weight excluding hydrogens is 270 g/mol. The van der Waals surface area contributed by atoms with E-state index < -0.39 is 5.82 Å². The zero-order valence-corrected chi connectivity index (χ0v) is 10.5. The maximum Gasteiger partial charge on any atom is 0.257 e. The Morgan fingerprint density at radius 2 is 2.24 bits per heavy atom. The van der Waals surface area contributed by atoms with Crippen LogP contribution in [0.3, 0.4) is 0 Å². The third kappa shape index (κ3) is 5.72. The highest BCUT2D eigenvalue weighted by atomic mass is 35.5. The molecule has 3 N–H and O–H groups in total. The summed E-state index contributed by atoms with van der Waals surface area (Å²) < 4.78 is 17.9. The molecule has 17 heavy (non-hydrogen) atoms. The van der Waals surface area contributed by atoms with Gasteiger partial charge >= 0.3 is 0 Å². The van der Waals surface area contributed by atoms with Gasteiger partial charge in [-0.3, -0.25) is 4.79 Å². The second-order valence-electron chi connectivity index (χ2n) is 3.00. The van der Waals surface area contributed by atoms with Crippen molar-refractivity contribution in [1.29, 1.82) is 0 Å². The summed E-state index contributed by atoms with van der Waals surface area (Å²) >= 11 is 5.54. The van der Waals surface area contributed by atoms with Crippen molar-refractivity contribution in [3.8, 4) is 5.75 Å². The molecule has 0 spiro atoms. The van der Waals surface area contributed by atoms with Gasteiger partial charge in [0.25, 0.3) is 5.91 Å². The van der Waals surface area contributed by atoms with Gasteiger partial charge in [0, 0.05) is 19.2 Å². The van der Waals surface area contributed by atoms with Gasteiger partial charge in [0.05, 0.1) is 5.02 Å². The molecule has 7 heteroatoms. The summed E-state index contributed by atoms with van der Waals surface area (Å²) in [4.78, 5) is 11.1. The highest BCUT2D eigenvalue weighted by molar-refractivity contribution is 6.30. The minimum Gasteiger partial charge on any atom is -0.484 e. The van der Waals surface area contributed by atoms with Crippen LogP contribution < -0.4 is 15.8 Å². The molecule has 1 amide bonds. The van der Waals surface area contributed by atoms with Crippen molar-refractivity contribution in [2.75, 3.05) is 19.7 Å². The molecule has 0 radical (unpaired) electrons. The van der Waals surface area contributed by atoms with Crippen molar-refractivity contribution in [2.24, 2.45) is 5.73 Å². The summed E-state index contributed by atoms with van der Waals surface area (Å²) in [5, 5.41) is 2.49. The van der Waals surface area contributed by atoms with E-state index in [-0.39, 0.29) is 29.9 Å². The fourth-order valence-corrected chi connectivity index (χ4v) is 1.15. The highest BCUT2D eigenvalue weighted by Crippen LogP contribution is 2.20. The number of rotatable bonds is 5.